The lowest BCUT2D eigenvalue weighted by Crippen LogP contribution is -2.52. The predicted molar refractivity (Wildman–Crippen MR) is 77.9 cm³/mol. The Morgan fingerprint density at radius 3 is 2.65 bits per heavy atom. The fourth-order valence-electron chi connectivity index (χ4n) is 3.63. The predicted octanol–water partition coefficient (Wildman–Crippen LogP) is 0.879. The van der Waals surface area contributed by atoms with Crippen molar-refractivity contribution in [2.45, 2.75) is 51.5 Å². The second kappa shape index (κ2) is 7.07. The molecule has 5 heteroatoms. The minimum atomic E-state index is -0.0122. The smallest absolute Gasteiger partial charge is 0.226 e. The summed E-state index contributed by atoms with van der Waals surface area (Å²) < 4.78 is 0. The second-order valence-corrected chi connectivity index (χ2v) is 6.21. The maximum atomic E-state index is 12.7. The van der Waals surface area contributed by atoms with Crippen LogP contribution in [0.4, 0.5) is 0 Å². The third-order valence-corrected chi connectivity index (χ3v) is 4.67. The lowest BCUT2D eigenvalue weighted by atomic mass is 9.78. The van der Waals surface area contributed by atoms with Crippen LogP contribution in [0.3, 0.4) is 0 Å². The number of hydrogen-bond donors (Lipinski definition) is 2. The van der Waals surface area contributed by atoms with Gasteiger partial charge >= 0.3 is 0 Å². The van der Waals surface area contributed by atoms with Crippen molar-refractivity contribution in [3.8, 4) is 0 Å². The van der Waals surface area contributed by atoms with Crippen LogP contribution in [-0.2, 0) is 9.59 Å². The SMILES string of the molecule is CC(=O)NC1CCCN(C(=O)C2CCCCC2CN)C1. The number of amides is 2. The standard InChI is InChI=1S/C15H27N3O2/c1-11(19)17-13-6-4-8-18(10-13)15(20)14-7-3-2-5-12(14)9-16/h12-14H,2-10,16H2,1H3,(H,17,19). The average Bonchev–Trinajstić information content (AvgIpc) is 2.46. The van der Waals surface area contributed by atoms with Crippen LogP contribution in [0.2, 0.25) is 0 Å². The van der Waals surface area contributed by atoms with Gasteiger partial charge in [0, 0.05) is 32.0 Å². The van der Waals surface area contributed by atoms with E-state index in [4.69, 9.17) is 5.73 Å². The highest BCUT2D eigenvalue weighted by molar-refractivity contribution is 5.79. The molecule has 1 aliphatic heterocycles. The maximum Gasteiger partial charge on any atom is 0.226 e. The molecular weight excluding hydrogens is 254 g/mol. The van der Waals surface area contributed by atoms with Gasteiger partial charge in [0.2, 0.25) is 11.8 Å². The van der Waals surface area contributed by atoms with Gasteiger partial charge in [-0.1, -0.05) is 12.8 Å². The summed E-state index contributed by atoms with van der Waals surface area (Å²) in [7, 11) is 0. The molecule has 0 aromatic carbocycles. The minimum Gasteiger partial charge on any atom is -0.352 e. The molecule has 0 spiro atoms. The first kappa shape index (κ1) is 15.3. The van der Waals surface area contributed by atoms with Gasteiger partial charge in [-0.25, -0.2) is 0 Å². The molecule has 3 N–H and O–H groups in total. The van der Waals surface area contributed by atoms with Crippen molar-refractivity contribution in [1.82, 2.24) is 10.2 Å². The van der Waals surface area contributed by atoms with Crippen molar-refractivity contribution in [2.24, 2.45) is 17.6 Å². The number of carbonyl (C=O) groups is 2. The molecule has 1 saturated heterocycles. The summed E-state index contributed by atoms with van der Waals surface area (Å²) in [4.78, 5) is 25.8. The lowest BCUT2D eigenvalue weighted by Gasteiger charge is -2.38. The van der Waals surface area contributed by atoms with E-state index in [1.54, 1.807) is 0 Å². The summed E-state index contributed by atoms with van der Waals surface area (Å²) in [5.41, 5.74) is 5.83. The number of nitrogens with one attached hydrogen (secondary N) is 1. The summed E-state index contributed by atoms with van der Waals surface area (Å²) in [6.45, 7) is 3.63. The Balaban J connectivity index is 1.95. The van der Waals surface area contributed by atoms with E-state index in [0.29, 0.717) is 19.0 Å². The Bertz CT molecular complexity index is 359. The van der Waals surface area contributed by atoms with E-state index < -0.39 is 0 Å². The molecule has 3 unspecified atom stereocenters. The molecule has 0 radical (unpaired) electrons. The van der Waals surface area contributed by atoms with Crippen molar-refractivity contribution in [3.63, 3.8) is 0 Å². The molecule has 2 rings (SSSR count). The quantitative estimate of drug-likeness (QED) is 0.806. The number of nitrogens with two attached hydrogens (primary N) is 1. The number of rotatable bonds is 3. The molecule has 2 amide bonds. The molecule has 114 valence electrons. The van der Waals surface area contributed by atoms with E-state index >= 15 is 0 Å². The largest absolute Gasteiger partial charge is 0.352 e. The van der Waals surface area contributed by atoms with Crippen LogP contribution in [0, 0.1) is 11.8 Å². The first-order valence-electron chi connectivity index (χ1n) is 7.87. The summed E-state index contributed by atoms with van der Waals surface area (Å²) >= 11 is 0. The highest BCUT2D eigenvalue weighted by Crippen LogP contribution is 2.31. The molecule has 1 aliphatic carbocycles. The third kappa shape index (κ3) is 3.72. The van der Waals surface area contributed by atoms with Gasteiger partial charge in [0.1, 0.15) is 0 Å². The molecule has 0 aromatic rings. The van der Waals surface area contributed by atoms with Gasteiger partial charge in [0.15, 0.2) is 0 Å². The van der Waals surface area contributed by atoms with Crippen molar-refractivity contribution >= 4 is 11.8 Å². The number of hydrogen-bond acceptors (Lipinski definition) is 3. The summed E-state index contributed by atoms with van der Waals surface area (Å²) in [5.74, 6) is 0.694. The average molecular weight is 281 g/mol. The number of nitrogens with zero attached hydrogens (tertiary/aromatic N) is 1. The molecule has 0 aromatic heterocycles. The molecule has 20 heavy (non-hydrogen) atoms. The number of likely N-dealkylation sites (tertiary alicyclic amines) is 1. The van der Waals surface area contributed by atoms with Crippen molar-refractivity contribution < 1.29 is 9.59 Å². The molecule has 1 heterocycles. The van der Waals surface area contributed by atoms with Crippen LogP contribution >= 0.6 is 0 Å². The fourth-order valence-corrected chi connectivity index (χ4v) is 3.63. The third-order valence-electron chi connectivity index (χ3n) is 4.67. The zero-order chi connectivity index (χ0) is 14.5. The zero-order valence-corrected chi connectivity index (χ0v) is 12.4. The molecule has 2 fully saturated rings. The number of carbonyl (C=O) groups excluding carboxylic acids is 2. The van der Waals surface area contributed by atoms with Crippen LogP contribution in [0.25, 0.3) is 0 Å². The van der Waals surface area contributed by atoms with E-state index in [0.717, 1.165) is 38.6 Å². The fraction of sp³-hybridized carbons (Fsp3) is 0.867. The van der Waals surface area contributed by atoms with Crippen molar-refractivity contribution in [2.75, 3.05) is 19.6 Å². The minimum absolute atomic E-state index is 0.0122. The highest BCUT2D eigenvalue weighted by atomic mass is 16.2. The Morgan fingerprint density at radius 1 is 1.20 bits per heavy atom. The van der Waals surface area contributed by atoms with E-state index in [1.807, 2.05) is 4.90 Å². The molecule has 1 saturated carbocycles. The van der Waals surface area contributed by atoms with Gasteiger partial charge in [0.25, 0.3) is 0 Å². The van der Waals surface area contributed by atoms with Crippen molar-refractivity contribution in [3.05, 3.63) is 0 Å². The van der Waals surface area contributed by atoms with Crippen molar-refractivity contribution in [1.29, 1.82) is 0 Å². The molecule has 3 atom stereocenters. The maximum absolute atomic E-state index is 12.7. The van der Waals surface area contributed by atoms with Gasteiger partial charge in [0.05, 0.1) is 0 Å². The van der Waals surface area contributed by atoms with Gasteiger partial charge in [-0.15, -0.1) is 0 Å². The summed E-state index contributed by atoms with van der Waals surface area (Å²) in [6, 6.07) is 0.116. The lowest BCUT2D eigenvalue weighted by molar-refractivity contribution is -0.140. The van der Waals surface area contributed by atoms with E-state index in [-0.39, 0.29) is 23.8 Å². The Morgan fingerprint density at radius 2 is 1.95 bits per heavy atom. The van der Waals surface area contributed by atoms with Gasteiger partial charge < -0.3 is 16.0 Å². The molecular formula is C15H27N3O2. The van der Waals surface area contributed by atoms with Crippen LogP contribution < -0.4 is 11.1 Å². The Kier molecular flexibility index (Phi) is 5.40. The van der Waals surface area contributed by atoms with Crippen LogP contribution in [0.1, 0.15) is 45.4 Å². The van der Waals surface area contributed by atoms with Gasteiger partial charge in [-0.05, 0) is 38.1 Å². The highest BCUT2D eigenvalue weighted by Gasteiger charge is 2.34. The zero-order valence-electron chi connectivity index (χ0n) is 12.4. The normalized spacial score (nSPS) is 30.9. The number of piperidine rings is 1. The second-order valence-electron chi connectivity index (χ2n) is 6.21. The first-order valence-corrected chi connectivity index (χ1v) is 7.87. The van der Waals surface area contributed by atoms with E-state index in [1.165, 1.54) is 13.3 Å². The summed E-state index contributed by atoms with van der Waals surface area (Å²) in [6.07, 6.45) is 6.32. The molecule has 0 bridgehead atoms. The Hall–Kier alpha value is -1.10. The van der Waals surface area contributed by atoms with Crippen LogP contribution in [-0.4, -0.2) is 42.4 Å². The van der Waals surface area contributed by atoms with E-state index in [2.05, 4.69) is 5.32 Å². The Labute approximate surface area is 121 Å². The van der Waals surface area contributed by atoms with Gasteiger partial charge in [-0.2, -0.15) is 0 Å². The van der Waals surface area contributed by atoms with Crippen LogP contribution in [0.5, 0.6) is 0 Å². The van der Waals surface area contributed by atoms with E-state index in [9.17, 15) is 9.59 Å². The molecule has 5 nitrogen and oxygen atoms in total. The molecule has 2 aliphatic rings. The van der Waals surface area contributed by atoms with Crippen LogP contribution in [0.15, 0.2) is 0 Å². The topological polar surface area (TPSA) is 75.4 Å². The van der Waals surface area contributed by atoms with Gasteiger partial charge in [-0.3, -0.25) is 9.59 Å². The first-order chi connectivity index (χ1) is 9.61. The monoisotopic (exact) mass is 281 g/mol. The summed E-state index contributed by atoms with van der Waals surface area (Å²) in [5, 5.41) is 2.94.